The minimum Gasteiger partial charge on any atom is -0.350 e. The first-order valence-electron chi connectivity index (χ1n) is 8.49. The standard InChI is InChI=1S/C17H24ClNO4S/c18-9-1-2-14-3-5-16(6-4-14)24(20,21)19-10-7-15(8-11-19)17-22-12-13-23-17/h3-6,15,17H,1-2,7-13H2. The molecule has 0 aromatic heterocycles. The van der Waals surface area contributed by atoms with Crippen LogP contribution in [0.2, 0.25) is 0 Å². The third kappa shape index (κ3) is 4.11. The molecule has 2 saturated heterocycles. The minimum atomic E-state index is -3.42. The molecule has 24 heavy (non-hydrogen) atoms. The van der Waals surface area contributed by atoms with Crippen LogP contribution in [-0.4, -0.2) is 51.2 Å². The van der Waals surface area contributed by atoms with Crippen molar-refractivity contribution in [1.82, 2.24) is 4.31 Å². The Morgan fingerprint density at radius 2 is 1.71 bits per heavy atom. The normalized spacial score (nSPS) is 21.4. The molecule has 0 unspecified atom stereocenters. The van der Waals surface area contributed by atoms with E-state index in [-0.39, 0.29) is 12.2 Å². The molecule has 3 rings (SSSR count). The Bertz CT molecular complexity index is 620. The Morgan fingerprint density at radius 1 is 1.08 bits per heavy atom. The zero-order chi connectivity index (χ0) is 17.0. The number of piperidine rings is 1. The van der Waals surface area contributed by atoms with Gasteiger partial charge in [0.2, 0.25) is 10.0 Å². The number of sulfonamides is 1. The number of hydrogen-bond donors (Lipinski definition) is 0. The van der Waals surface area contributed by atoms with Gasteiger partial charge in [0, 0.05) is 24.9 Å². The van der Waals surface area contributed by atoms with Crippen molar-refractivity contribution in [3.63, 3.8) is 0 Å². The monoisotopic (exact) mass is 373 g/mol. The smallest absolute Gasteiger partial charge is 0.243 e. The maximum Gasteiger partial charge on any atom is 0.243 e. The molecule has 0 radical (unpaired) electrons. The summed E-state index contributed by atoms with van der Waals surface area (Å²) >= 11 is 5.70. The van der Waals surface area contributed by atoms with Crippen LogP contribution in [0.25, 0.3) is 0 Å². The van der Waals surface area contributed by atoms with E-state index in [1.54, 1.807) is 16.4 Å². The summed E-state index contributed by atoms with van der Waals surface area (Å²) < 4.78 is 38.2. The fourth-order valence-corrected chi connectivity index (χ4v) is 4.89. The third-order valence-electron chi connectivity index (χ3n) is 4.69. The number of aryl methyl sites for hydroxylation is 1. The molecule has 0 atom stereocenters. The highest BCUT2D eigenvalue weighted by Gasteiger charge is 2.34. The van der Waals surface area contributed by atoms with Gasteiger partial charge in [0.25, 0.3) is 0 Å². The maximum absolute atomic E-state index is 12.8. The molecule has 5 nitrogen and oxygen atoms in total. The van der Waals surface area contributed by atoms with Crippen molar-refractivity contribution < 1.29 is 17.9 Å². The first kappa shape index (κ1) is 18.1. The first-order chi connectivity index (χ1) is 11.6. The Balaban J connectivity index is 1.61. The van der Waals surface area contributed by atoms with Gasteiger partial charge in [0.1, 0.15) is 0 Å². The number of nitrogens with zero attached hydrogens (tertiary/aromatic N) is 1. The maximum atomic E-state index is 12.8. The van der Waals surface area contributed by atoms with E-state index < -0.39 is 10.0 Å². The zero-order valence-electron chi connectivity index (χ0n) is 13.7. The molecule has 2 heterocycles. The predicted molar refractivity (Wildman–Crippen MR) is 92.7 cm³/mol. The van der Waals surface area contributed by atoms with Crippen molar-refractivity contribution >= 4 is 21.6 Å². The van der Waals surface area contributed by atoms with Crippen LogP contribution in [-0.2, 0) is 25.9 Å². The van der Waals surface area contributed by atoms with Crippen LogP contribution in [0, 0.1) is 5.92 Å². The Hall–Kier alpha value is -0.660. The summed E-state index contributed by atoms with van der Waals surface area (Å²) in [6, 6.07) is 7.17. The Kier molecular flexibility index (Phi) is 6.16. The number of ether oxygens (including phenoxy) is 2. The van der Waals surface area contributed by atoms with E-state index in [1.807, 2.05) is 12.1 Å². The molecule has 0 aliphatic carbocycles. The molecule has 1 aromatic carbocycles. The minimum absolute atomic E-state index is 0.156. The van der Waals surface area contributed by atoms with E-state index >= 15 is 0 Å². The highest BCUT2D eigenvalue weighted by atomic mass is 35.5. The van der Waals surface area contributed by atoms with Crippen molar-refractivity contribution in [2.45, 2.75) is 36.9 Å². The van der Waals surface area contributed by atoms with Crippen LogP contribution in [0.3, 0.4) is 0 Å². The molecule has 2 fully saturated rings. The van der Waals surface area contributed by atoms with E-state index in [0.29, 0.717) is 37.1 Å². The lowest BCUT2D eigenvalue weighted by molar-refractivity contribution is -0.0938. The lowest BCUT2D eigenvalue weighted by Crippen LogP contribution is -2.41. The Morgan fingerprint density at radius 3 is 2.29 bits per heavy atom. The largest absolute Gasteiger partial charge is 0.350 e. The van der Waals surface area contributed by atoms with E-state index in [0.717, 1.165) is 31.2 Å². The molecule has 0 saturated carbocycles. The van der Waals surface area contributed by atoms with Gasteiger partial charge in [-0.25, -0.2) is 8.42 Å². The highest BCUT2D eigenvalue weighted by Crippen LogP contribution is 2.29. The van der Waals surface area contributed by atoms with Crippen molar-refractivity contribution in [3.8, 4) is 0 Å². The summed E-state index contributed by atoms with van der Waals surface area (Å²) in [5.41, 5.74) is 1.11. The van der Waals surface area contributed by atoms with Gasteiger partial charge < -0.3 is 9.47 Å². The van der Waals surface area contributed by atoms with Gasteiger partial charge >= 0.3 is 0 Å². The van der Waals surface area contributed by atoms with Gasteiger partial charge in [-0.3, -0.25) is 0 Å². The number of hydrogen-bond acceptors (Lipinski definition) is 4. The molecular weight excluding hydrogens is 350 g/mol. The van der Waals surface area contributed by atoms with Crippen LogP contribution < -0.4 is 0 Å². The van der Waals surface area contributed by atoms with Gasteiger partial charge in [-0.05, 0) is 43.4 Å². The molecular formula is C17H24ClNO4S. The van der Waals surface area contributed by atoms with Gasteiger partial charge in [0.05, 0.1) is 18.1 Å². The van der Waals surface area contributed by atoms with Crippen LogP contribution >= 0.6 is 11.6 Å². The molecule has 0 bridgehead atoms. The van der Waals surface area contributed by atoms with E-state index in [4.69, 9.17) is 21.1 Å². The molecule has 0 amide bonds. The zero-order valence-corrected chi connectivity index (χ0v) is 15.3. The summed E-state index contributed by atoms with van der Waals surface area (Å²) in [4.78, 5) is 0.365. The fraction of sp³-hybridized carbons (Fsp3) is 0.647. The quantitative estimate of drug-likeness (QED) is 0.719. The second-order valence-corrected chi connectivity index (χ2v) is 8.60. The topological polar surface area (TPSA) is 55.8 Å². The summed E-state index contributed by atoms with van der Waals surface area (Å²) in [6.45, 7) is 2.31. The average Bonchev–Trinajstić information content (AvgIpc) is 3.15. The Labute approximate surface area is 148 Å². The van der Waals surface area contributed by atoms with Gasteiger partial charge in [-0.2, -0.15) is 4.31 Å². The van der Waals surface area contributed by atoms with E-state index in [9.17, 15) is 8.42 Å². The van der Waals surface area contributed by atoms with Crippen molar-refractivity contribution in [2.75, 3.05) is 32.2 Å². The van der Waals surface area contributed by atoms with Crippen molar-refractivity contribution in [1.29, 1.82) is 0 Å². The van der Waals surface area contributed by atoms with Crippen LogP contribution in [0.5, 0.6) is 0 Å². The lowest BCUT2D eigenvalue weighted by atomic mass is 9.98. The predicted octanol–water partition coefficient (Wildman–Crippen LogP) is 2.63. The molecule has 2 aliphatic rings. The molecule has 0 N–H and O–H groups in total. The number of halogens is 1. The van der Waals surface area contributed by atoms with E-state index in [1.165, 1.54) is 0 Å². The van der Waals surface area contributed by atoms with Gasteiger partial charge in [-0.1, -0.05) is 12.1 Å². The fourth-order valence-electron chi connectivity index (χ4n) is 3.29. The molecule has 1 aromatic rings. The summed E-state index contributed by atoms with van der Waals surface area (Å²) in [6.07, 6.45) is 3.16. The molecule has 2 aliphatic heterocycles. The summed E-state index contributed by atoms with van der Waals surface area (Å²) in [7, 11) is -3.42. The second-order valence-electron chi connectivity index (χ2n) is 6.29. The number of rotatable bonds is 6. The third-order valence-corrected chi connectivity index (χ3v) is 6.87. The van der Waals surface area contributed by atoms with Gasteiger partial charge in [-0.15, -0.1) is 11.6 Å². The van der Waals surface area contributed by atoms with Crippen molar-refractivity contribution in [2.24, 2.45) is 5.92 Å². The first-order valence-corrected chi connectivity index (χ1v) is 10.5. The molecule has 134 valence electrons. The van der Waals surface area contributed by atoms with Crippen molar-refractivity contribution in [3.05, 3.63) is 29.8 Å². The summed E-state index contributed by atoms with van der Waals surface area (Å²) in [5, 5.41) is 0. The van der Waals surface area contributed by atoms with Gasteiger partial charge in [0.15, 0.2) is 6.29 Å². The number of benzene rings is 1. The number of alkyl halides is 1. The molecule has 0 spiro atoms. The van der Waals surface area contributed by atoms with Crippen LogP contribution in [0.15, 0.2) is 29.2 Å². The van der Waals surface area contributed by atoms with Crippen LogP contribution in [0.4, 0.5) is 0 Å². The van der Waals surface area contributed by atoms with Crippen LogP contribution in [0.1, 0.15) is 24.8 Å². The molecule has 7 heteroatoms. The summed E-state index contributed by atoms with van der Waals surface area (Å²) in [5.74, 6) is 0.903. The lowest BCUT2D eigenvalue weighted by Gasteiger charge is -2.33. The SMILES string of the molecule is O=S(=O)(c1ccc(CCCCl)cc1)N1CCC(C2OCCO2)CC1. The highest BCUT2D eigenvalue weighted by molar-refractivity contribution is 7.89. The second kappa shape index (κ2) is 8.15. The van der Waals surface area contributed by atoms with E-state index in [2.05, 4.69) is 0 Å². The average molecular weight is 374 g/mol.